The Bertz CT molecular complexity index is 3040. The van der Waals surface area contributed by atoms with Crippen LogP contribution in [0.1, 0.15) is 5.56 Å². The van der Waals surface area contributed by atoms with Crippen LogP contribution in [0.5, 0.6) is 0 Å². The summed E-state index contributed by atoms with van der Waals surface area (Å²) in [4.78, 5) is 17.4. The quantitative estimate of drug-likeness (QED) is 0.179. The molecule has 0 amide bonds. The molecule has 0 spiro atoms. The van der Waals surface area contributed by atoms with Gasteiger partial charge in [-0.15, -0.1) is 11.3 Å². The normalized spacial score (nSPS) is 12.3. The lowest BCUT2D eigenvalue weighted by molar-refractivity contribution is 1.08. The van der Waals surface area contributed by atoms with Crippen molar-refractivity contribution in [1.82, 2.24) is 15.0 Å². The minimum atomic E-state index is 0.655. The second kappa shape index (κ2) is 12.3. The molecule has 0 saturated carbocycles. The molecular weight excluding hydrogens is 677 g/mol. The van der Waals surface area contributed by atoms with Crippen LogP contribution in [0.15, 0.2) is 176 Å². The van der Waals surface area contributed by atoms with Crippen LogP contribution >= 0.6 is 11.3 Å². The van der Waals surface area contributed by atoms with Gasteiger partial charge in [0.1, 0.15) is 0 Å². The van der Waals surface area contributed by atoms with Gasteiger partial charge >= 0.3 is 0 Å². The highest BCUT2D eigenvalue weighted by atomic mass is 32.1. The molecule has 252 valence electrons. The molecule has 0 unspecified atom stereocenters. The first-order valence-electron chi connectivity index (χ1n) is 18.1. The summed E-state index contributed by atoms with van der Waals surface area (Å²) in [6.07, 6.45) is 4.45. The Morgan fingerprint density at radius 3 is 1.80 bits per heavy atom. The van der Waals surface area contributed by atoms with Gasteiger partial charge in [0.05, 0.1) is 10.4 Å². The second-order valence-electron chi connectivity index (χ2n) is 13.6. The first-order chi connectivity index (χ1) is 26.8. The lowest BCUT2D eigenvalue weighted by Crippen LogP contribution is -2.11. The van der Waals surface area contributed by atoms with Gasteiger partial charge in [0.25, 0.3) is 0 Å². The third-order valence-corrected chi connectivity index (χ3v) is 11.6. The Balaban J connectivity index is 1.08. The van der Waals surface area contributed by atoms with Gasteiger partial charge in [-0.1, -0.05) is 146 Å². The van der Waals surface area contributed by atoms with E-state index >= 15 is 0 Å². The predicted octanol–water partition coefficient (Wildman–Crippen LogP) is 13.3. The zero-order chi connectivity index (χ0) is 35.6. The molecule has 0 saturated heterocycles. The van der Waals surface area contributed by atoms with Crippen LogP contribution < -0.4 is 4.90 Å². The van der Waals surface area contributed by atoms with Crippen LogP contribution in [0.3, 0.4) is 0 Å². The number of benzene rings is 8. The van der Waals surface area contributed by atoms with Crippen LogP contribution in [0.2, 0.25) is 0 Å². The highest BCUT2D eigenvalue weighted by Crippen LogP contribution is 2.49. The topological polar surface area (TPSA) is 41.9 Å². The van der Waals surface area contributed by atoms with Gasteiger partial charge in [0.2, 0.25) is 0 Å². The smallest absolute Gasteiger partial charge is 0.164 e. The van der Waals surface area contributed by atoms with E-state index in [1.807, 2.05) is 72.0 Å². The first-order valence-corrected chi connectivity index (χ1v) is 18.9. The van der Waals surface area contributed by atoms with E-state index < -0.39 is 0 Å². The van der Waals surface area contributed by atoms with Crippen molar-refractivity contribution in [3.8, 4) is 45.3 Å². The SMILES string of the molecule is C1=CN(c2ccccc2)c2c3sc4cc(-c5cccc6c(-c7nc(-c8ccccc8)nc(-c8ccccc8)n7)cccc56)ccc4c3cc3cccc1c23. The molecule has 1 aliphatic heterocycles. The molecule has 0 fully saturated rings. The molecule has 1 aliphatic rings. The van der Waals surface area contributed by atoms with Crippen molar-refractivity contribution in [2.45, 2.75) is 0 Å². The number of rotatable bonds is 5. The van der Waals surface area contributed by atoms with E-state index in [-0.39, 0.29) is 0 Å². The van der Waals surface area contributed by atoms with E-state index in [0.717, 1.165) is 33.2 Å². The molecule has 8 aromatic carbocycles. The number of nitrogens with zero attached hydrogens (tertiary/aromatic N) is 4. The molecule has 5 heteroatoms. The molecule has 54 heavy (non-hydrogen) atoms. The predicted molar refractivity (Wildman–Crippen MR) is 227 cm³/mol. The molecule has 10 aromatic rings. The molecule has 3 heterocycles. The van der Waals surface area contributed by atoms with E-state index in [1.165, 1.54) is 53.3 Å². The summed E-state index contributed by atoms with van der Waals surface area (Å²) in [7, 11) is 0. The number of aromatic nitrogens is 3. The zero-order valence-corrected chi connectivity index (χ0v) is 29.8. The van der Waals surface area contributed by atoms with Crippen molar-refractivity contribution in [2.24, 2.45) is 0 Å². The number of hydrogen-bond donors (Lipinski definition) is 0. The van der Waals surface area contributed by atoms with E-state index in [1.54, 1.807) is 0 Å². The van der Waals surface area contributed by atoms with Crippen molar-refractivity contribution < 1.29 is 0 Å². The lowest BCUT2D eigenvalue weighted by atomic mass is 9.94. The van der Waals surface area contributed by atoms with Crippen LogP contribution in [-0.2, 0) is 0 Å². The summed E-state index contributed by atoms with van der Waals surface area (Å²) >= 11 is 1.88. The molecule has 4 nitrogen and oxygen atoms in total. The number of hydrogen-bond acceptors (Lipinski definition) is 5. The minimum absolute atomic E-state index is 0.655. The molecule has 0 aliphatic carbocycles. The van der Waals surface area contributed by atoms with Gasteiger partial charge in [-0.2, -0.15) is 0 Å². The van der Waals surface area contributed by atoms with E-state index in [2.05, 4.69) is 126 Å². The van der Waals surface area contributed by atoms with Crippen molar-refractivity contribution in [1.29, 1.82) is 0 Å². The fraction of sp³-hybridized carbons (Fsp3) is 0. The van der Waals surface area contributed by atoms with Crippen molar-refractivity contribution in [3.63, 3.8) is 0 Å². The summed E-state index contributed by atoms with van der Waals surface area (Å²) in [6, 6.07) is 59.9. The average molecular weight is 707 g/mol. The van der Waals surface area contributed by atoms with Gasteiger partial charge < -0.3 is 4.90 Å². The number of fused-ring (bicyclic) bond motifs is 5. The van der Waals surface area contributed by atoms with Crippen LogP contribution in [-0.4, -0.2) is 15.0 Å². The highest BCUT2D eigenvalue weighted by Gasteiger charge is 2.23. The largest absolute Gasteiger partial charge is 0.315 e. The molecule has 2 aromatic heterocycles. The van der Waals surface area contributed by atoms with Gasteiger partial charge in [-0.3, -0.25) is 0 Å². The summed E-state index contributed by atoms with van der Waals surface area (Å²) in [5.41, 5.74) is 8.92. The molecular formula is C49H30N4S. The van der Waals surface area contributed by atoms with Crippen molar-refractivity contribution in [2.75, 3.05) is 4.90 Å². The maximum absolute atomic E-state index is 5.07. The summed E-state index contributed by atoms with van der Waals surface area (Å²) < 4.78 is 2.57. The fourth-order valence-electron chi connectivity index (χ4n) is 7.94. The maximum atomic E-state index is 5.07. The van der Waals surface area contributed by atoms with E-state index in [9.17, 15) is 0 Å². The van der Waals surface area contributed by atoms with Crippen molar-refractivity contribution in [3.05, 3.63) is 182 Å². The second-order valence-corrected chi connectivity index (χ2v) is 14.7. The minimum Gasteiger partial charge on any atom is -0.315 e. The molecule has 11 rings (SSSR count). The third kappa shape index (κ3) is 4.94. The Morgan fingerprint density at radius 1 is 0.444 bits per heavy atom. The Labute approximate surface area is 316 Å². The summed E-state index contributed by atoms with van der Waals surface area (Å²) in [5, 5.41) is 7.38. The maximum Gasteiger partial charge on any atom is 0.164 e. The first kappa shape index (κ1) is 30.7. The standard InChI is InChI=1S/C49H30N4S/c1-4-13-32(14-5-1)47-50-48(33-15-6-2-7-16-33)52-49(51-47)41-24-12-22-38-37(21-11-23-39(38)41)34-25-26-40-42-29-35-18-10-17-31-27-28-53(36-19-8-3-9-20-36)45(44(31)35)46(42)54-43(40)30-34/h1-30H. The van der Waals surface area contributed by atoms with Crippen LogP contribution in [0.25, 0.3) is 93.1 Å². The summed E-state index contributed by atoms with van der Waals surface area (Å²) in [5.74, 6) is 1.97. The molecule has 0 radical (unpaired) electrons. The summed E-state index contributed by atoms with van der Waals surface area (Å²) in [6.45, 7) is 0. The van der Waals surface area contributed by atoms with Gasteiger partial charge in [-0.25, -0.2) is 15.0 Å². The number of thiophene rings is 1. The van der Waals surface area contributed by atoms with E-state index in [4.69, 9.17) is 15.0 Å². The monoisotopic (exact) mass is 706 g/mol. The van der Waals surface area contributed by atoms with E-state index in [0.29, 0.717) is 17.5 Å². The number of anilines is 2. The Morgan fingerprint density at radius 2 is 1.07 bits per heavy atom. The van der Waals surface area contributed by atoms with Crippen molar-refractivity contribution >= 4 is 70.5 Å². The Kier molecular flexibility index (Phi) is 7.00. The zero-order valence-electron chi connectivity index (χ0n) is 29.0. The Hall–Kier alpha value is -6.95. The van der Waals surface area contributed by atoms with Crippen LogP contribution in [0.4, 0.5) is 11.4 Å². The molecule has 0 N–H and O–H groups in total. The van der Waals surface area contributed by atoms with Gasteiger partial charge in [-0.05, 0) is 63.2 Å². The molecule has 0 bridgehead atoms. The number of para-hydroxylation sites is 1. The molecule has 0 atom stereocenters. The third-order valence-electron chi connectivity index (χ3n) is 10.5. The highest BCUT2D eigenvalue weighted by molar-refractivity contribution is 7.26. The van der Waals surface area contributed by atoms with Gasteiger partial charge in [0, 0.05) is 49.4 Å². The average Bonchev–Trinajstić information content (AvgIpc) is 3.62. The fourth-order valence-corrected chi connectivity index (χ4v) is 9.21. The van der Waals surface area contributed by atoms with Crippen LogP contribution in [0, 0.1) is 0 Å². The lowest BCUT2D eigenvalue weighted by Gasteiger charge is -2.27. The van der Waals surface area contributed by atoms with Gasteiger partial charge in [0.15, 0.2) is 17.5 Å².